The molecular weight excluding hydrogens is 257 g/mol. The predicted molar refractivity (Wildman–Crippen MR) is 62.1 cm³/mol. The molecule has 0 aliphatic heterocycles. The fraction of sp³-hybridized carbons (Fsp3) is 0.0833. The molecule has 1 aromatic carbocycles. The minimum atomic E-state index is -0.176. The van der Waals surface area contributed by atoms with Gasteiger partial charge in [-0.15, -0.1) is 0 Å². The van der Waals surface area contributed by atoms with Crippen molar-refractivity contribution in [3.63, 3.8) is 0 Å². The average molecular weight is 266 g/mol. The van der Waals surface area contributed by atoms with E-state index in [1.54, 1.807) is 37.5 Å². The van der Waals surface area contributed by atoms with E-state index in [1.807, 2.05) is 6.07 Å². The van der Waals surface area contributed by atoms with E-state index < -0.39 is 0 Å². The molecule has 1 heterocycles. The number of nitrogens with zero attached hydrogens (tertiary/aromatic N) is 1. The van der Waals surface area contributed by atoms with E-state index >= 15 is 0 Å². The van der Waals surface area contributed by atoms with E-state index in [0.717, 1.165) is 10.0 Å². The van der Waals surface area contributed by atoms with Gasteiger partial charge in [0.1, 0.15) is 5.82 Å². The third kappa shape index (κ3) is 1.92. The Hall–Kier alpha value is -1.22. The molecule has 0 fully saturated rings. The summed E-state index contributed by atoms with van der Waals surface area (Å²) in [6.07, 6.45) is 3.32. The summed E-state index contributed by atoms with van der Waals surface area (Å²) in [5.41, 5.74) is 2.08. The van der Waals surface area contributed by atoms with Crippen molar-refractivity contribution in [3.8, 4) is 11.1 Å². The van der Waals surface area contributed by atoms with Crippen molar-refractivity contribution in [1.29, 1.82) is 0 Å². The Balaban J connectivity index is 2.65. The molecule has 0 saturated heterocycles. The van der Waals surface area contributed by atoms with Gasteiger partial charge in [-0.25, -0.2) is 4.39 Å². The minimum Gasteiger partial charge on any atom is -0.264 e. The molecule has 2 aromatic rings. The maximum atomic E-state index is 13.8. The molecule has 0 amide bonds. The lowest BCUT2D eigenvalue weighted by Crippen LogP contribution is -1.89. The van der Waals surface area contributed by atoms with Crippen LogP contribution in [0.1, 0.15) is 5.56 Å². The van der Waals surface area contributed by atoms with Gasteiger partial charge >= 0.3 is 0 Å². The average Bonchev–Trinajstić information content (AvgIpc) is 2.23. The van der Waals surface area contributed by atoms with Crippen LogP contribution in [-0.2, 0) is 0 Å². The maximum Gasteiger partial charge on any atom is 0.133 e. The smallest absolute Gasteiger partial charge is 0.133 e. The highest BCUT2D eigenvalue weighted by Crippen LogP contribution is 2.30. The number of aromatic nitrogens is 1. The Bertz CT molecular complexity index is 497. The summed E-state index contributed by atoms with van der Waals surface area (Å²) >= 11 is 3.36. The topological polar surface area (TPSA) is 12.9 Å². The van der Waals surface area contributed by atoms with E-state index in [-0.39, 0.29) is 5.82 Å². The Morgan fingerprint density at radius 2 is 2.00 bits per heavy atom. The number of rotatable bonds is 1. The van der Waals surface area contributed by atoms with Crippen molar-refractivity contribution in [3.05, 3.63) is 52.5 Å². The summed E-state index contributed by atoms with van der Waals surface area (Å²) in [7, 11) is 0. The monoisotopic (exact) mass is 265 g/mol. The maximum absolute atomic E-state index is 13.8. The van der Waals surface area contributed by atoms with Gasteiger partial charge in [0.15, 0.2) is 0 Å². The van der Waals surface area contributed by atoms with Gasteiger partial charge in [0.2, 0.25) is 0 Å². The second kappa shape index (κ2) is 4.11. The van der Waals surface area contributed by atoms with Crippen LogP contribution in [0.5, 0.6) is 0 Å². The van der Waals surface area contributed by atoms with Crippen molar-refractivity contribution in [1.82, 2.24) is 4.98 Å². The second-order valence-corrected chi connectivity index (χ2v) is 4.15. The lowest BCUT2D eigenvalue weighted by Gasteiger charge is -2.06. The summed E-state index contributed by atoms with van der Waals surface area (Å²) < 4.78 is 14.6. The zero-order valence-electron chi connectivity index (χ0n) is 8.17. The minimum absolute atomic E-state index is 0.176. The Labute approximate surface area is 96.1 Å². The first-order chi connectivity index (χ1) is 7.20. The number of aryl methyl sites for hydroxylation is 1. The third-order valence-electron chi connectivity index (χ3n) is 2.25. The van der Waals surface area contributed by atoms with Crippen LogP contribution >= 0.6 is 15.9 Å². The molecule has 0 aliphatic rings. The lowest BCUT2D eigenvalue weighted by molar-refractivity contribution is 0.622. The first-order valence-corrected chi connectivity index (χ1v) is 5.34. The molecule has 76 valence electrons. The Kier molecular flexibility index (Phi) is 2.82. The standard InChI is InChI=1S/C12H9BrFN/c1-8-3-2-4-10(12(8)14)9-5-6-15-7-11(9)13/h2-7H,1H3. The molecule has 3 heteroatoms. The van der Waals surface area contributed by atoms with Crippen LogP contribution in [0.4, 0.5) is 4.39 Å². The van der Waals surface area contributed by atoms with Gasteiger partial charge in [0, 0.05) is 28.0 Å². The van der Waals surface area contributed by atoms with E-state index in [9.17, 15) is 4.39 Å². The molecule has 0 radical (unpaired) electrons. The van der Waals surface area contributed by atoms with Crippen molar-refractivity contribution < 1.29 is 4.39 Å². The number of halogens is 2. The second-order valence-electron chi connectivity index (χ2n) is 3.29. The summed E-state index contributed by atoms with van der Waals surface area (Å²) in [5, 5.41) is 0. The SMILES string of the molecule is Cc1cccc(-c2ccncc2Br)c1F. The van der Waals surface area contributed by atoms with Crippen LogP contribution in [0.15, 0.2) is 41.1 Å². The molecule has 0 saturated carbocycles. The fourth-order valence-corrected chi connectivity index (χ4v) is 1.91. The largest absolute Gasteiger partial charge is 0.264 e. The molecule has 0 spiro atoms. The van der Waals surface area contributed by atoms with Crippen molar-refractivity contribution in [2.24, 2.45) is 0 Å². The van der Waals surface area contributed by atoms with Crippen molar-refractivity contribution in [2.75, 3.05) is 0 Å². The molecule has 15 heavy (non-hydrogen) atoms. The highest BCUT2D eigenvalue weighted by Gasteiger charge is 2.09. The van der Waals surface area contributed by atoms with Crippen LogP contribution in [0.25, 0.3) is 11.1 Å². The Morgan fingerprint density at radius 1 is 1.20 bits per heavy atom. The van der Waals surface area contributed by atoms with Crippen LogP contribution in [-0.4, -0.2) is 4.98 Å². The number of pyridine rings is 1. The summed E-state index contributed by atoms with van der Waals surface area (Å²) in [5.74, 6) is -0.176. The van der Waals surface area contributed by atoms with Crippen LogP contribution in [0.3, 0.4) is 0 Å². The number of benzene rings is 1. The van der Waals surface area contributed by atoms with E-state index in [4.69, 9.17) is 0 Å². The molecule has 0 N–H and O–H groups in total. The van der Waals surface area contributed by atoms with Gasteiger partial charge in [-0.05, 0) is 34.5 Å². The van der Waals surface area contributed by atoms with Gasteiger partial charge in [-0.1, -0.05) is 18.2 Å². The van der Waals surface area contributed by atoms with Gasteiger partial charge < -0.3 is 0 Å². The van der Waals surface area contributed by atoms with Gasteiger partial charge in [0.25, 0.3) is 0 Å². The first-order valence-electron chi connectivity index (χ1n) is 4.55. The highest BCUT2D eigenvalue weighted by atomic mass is 79.9. The predicted octanol–water partition coefficient (Wildman–Crippen LogP) is 3.96. The van der Waals surface area contributed by atoms with Crippen LogP contribution in [0, 0.1) is 12.7 Å². The van der Waals surface area contributed by atoms with Gasteiger partial charge in [0.05, 0.1) is 0 Å². The molecule has 0 unspecified atom stereocenters. The normalized spacial score (nSPS) is 10.3. The molecular formula is C12H9BrFN. The summed E-state index contributed by atoms with van der Waals surface area (Å²) in [6.45, 7) is 1.76. The summed E-state index contributed by atoms with van der Waals surface area (Å²) in [4.78, 5) is 3.95. The molecule has 0 atom stereocenters. The van der Waals surface area contributed by atoms with Crippen LogP contribution in [0.2, 0.25) is 0 Å². The molecule has 0 aliphatic carbocycles. The zero-order chi connectivity index (χ0) is 10.8. The highest BCUT2D eigenvalue weighted by molar-refractivity contribution is 9.10. The molecule has 2 rings (SSSR count). The van der Waals surface area contributed by atoms with E-state index in [0.29, 0.717) is 11.1 Å². The van der Waals surface area contributed by atoms with E-state index in [2.05, 4.69) is 20.9 Å². The number of hydrogen-bond donors (Lipinski definition) is 0. The van der Waals surface area contributed by atoms with Crippen LogP contribution < -0.4 is 0 Å². The zero-order valence-corrected chi connectivity index (χ0v) is 9.75. The molecule has 0 bridgehead atoms. The molecule has 1 aromatic heterocycles. The molecule has 1 nitrogen and oxygen atoms in total. The first kappa shape index (κ1) is 10.3. The third-order valence-corrected chi connectivity index (χ3v) is 2.89. The Morgan fingerprint density at radius 3 is 2.73 bits per heavy atom. The lowest BCUT2D eigenvalue weighted by atomic mass is 10.0. The van der Waals surface area contributed by atoms with Crippen molar-refractivity contribution >= 4 is 15.9 Å². The quantitative estimate of drug-likeness (QED) is 0.761. The summed E-state index contributed by atoms with van der Waals surface area (Å²) in [6, 6.07) is 7.17. The van der Waals surface area contributed by atoms with Gasteiger partial charge in [-0.3, -0.25) is 4.98 Å². The fourth-order valence-electron chi connectivity index (χ4n) is 1.45. The van der Waals surface area contributed by atoms with Gasteiger partial charge in [-0.2, -0.15) is 0 Å². The van der Waals surface area contributed by atoms with E-state index in [1.165, 1.54) is 0 Å². The number of hydrogen-bond acceptors (Lipinski definition) is 1. The van der Waals surface area contributed by atoms with Crippen molar-refractivity contribution in [2.45, 2.75) is 6.92 Å².